The van der Waals surface area contributed by atoms with Gasteiger partial charge < -0.3 is 5.11 Å². The number of pyridine rings is 1. The zero-order chi connectivity index (χ0) is 13.5. The lowest BCUT2D eigenvalue weighted by molar-refractivity contribution is 0.476. The maximum Gasteiger partial charge on any atom is 0.116 e. The lowest BCUT2D eigenvalue weighted by Gasteiger charge is -2.03. The van der Waals surface area contributed by atoms with E-state index in [1.165, 1.54) is 0 Å². The Morgan fingerprint density at radius 2 is 1.80 bits per heavy atom. The Bertz CT molecular complexity index is 924. The van der Waals surface area contributed by atoms with Crippen LogP contribution in [0.25, 0.3) is 27.4 Å². The zero-order valence-electron chi connectivity index (χ0n) is 10.7. The number of hydrogen-bond acceptors (Lipinski definition) is 2. The molecular weight excluding hydrogens is 248 g/mol. The van der Waals surface area contributed by atoms with Crippen LogP contribution in [0.3, 0.4) is 0 Å². The van der Waals surface area contributed by atoms with Crippen molar-refractivity contribution in [3.05, 3.63) is 67.0 Å². The van der Waals surface area contributed by atoms with Gasteiger partial charge >= 0.3 is 0 Å². The smallest absolute Gasteiger partial charge is 0.116 e. The second kappa shape index (κ2) is 4.10. The van der Waals surface area contributed by atoms with E-state index in [1.54, 1.807) is 12.1 Å². The fraction of sp³-hybridized carbons (Fsp3) is 0. The number of hydrogen-bond donors (Lipinski definition) is 1. The van der Waals surface area contributed by atoms with Gasteiger partial charge in [0.1, 0.15) is 5.75 Å². The Morgan fingerprint density at radius 3 is 2.75 bits per heavy atom. The van der Waals surface area contributed by atoms with Crippen molar-refractivity contribution < 1.29 is 5.11 Å². The molecular formula is C17H12N2O. The Kier molecular flexibility index (Phi) is 2.27. The molecule has 0 aliphatic carbocycles. The minimum Gasteiger partial charge on any atom is -0.508 e. The van der Waals surface area contributed by atoms with Gasteiger partial charge in [-0.1, -0.05) is 24.3 Å². The van der Waals surface area contributed by atoms with Crippen LogP contribution in [-0.4, -0.2) is 14.7 Å². The van der Waals surface area contributed by atoms with Crippen molar-refractivity contribution in [3.8, 4) is 16.9 Å². The number of phenols is 1. The molecule has 2 aromatic heterocycles. The van der Waals surface area contributed by atoms with Gasteiger partial charge in [0, 0.05) is 11.8 Å². The molecule has 0 radical (unpaired) electrons. The molecule has 0 bridgehead atoms. The second-order valence-electron chi connectivity index (χ2n) is 4.83. The summed E-state index contributed by atoms with van der Waals surface area (Å²) in [4.78, 5) is 0. The fourth-order valence-electron chi connectivity index (χ4n) is 2.56. The van der Waals surface area contributed by atoms with Crippen LogP contribution in [-0.2, 0) is 0 Å². The molecule has 0 atom stereocenters. The quantitative estimate of drug-likeness (QED) is 0.564. The van der Waals surface area contributed by atoms with Crippen molar-refractivity contribution in [3.63, 3.8) is 0 Å². The van der Waals surface area contributed by atoms with E-state index in [4.69, 9.17) is 0 Å². The summed E-state index contributed by atoms with van der Waals surface area (Å²) in [5.41, 5.74) is 3.27. The van der Waals surface area contributed by atoms with E-state index in [0.717, 1.165) is 27.4 Å². The highest BCUT2D eigenvalue weighted by Gasteiger charge is 2.06. The Morgan fingerprint density at radius 1 is 0.900 bits per heavy atom. The predicted molar refractivity (Wildman–Crippen MR) is 79.8 cm³/mol. The first kappa shape index (κ1) is 11.1. The molecule has 2 heterocycles. The Hall–Kier alpha value is -2.81. The molecule has 20 heavy (non-hydrogen) atoms. The van der Waals surface area contributed by atoms with Gasteiger partial charge in [-0.3, -0.25) is 0 Å². The molecule has 0 aliphatic heterocycles. The third kappa shape index (κ3) is 1.64. The third-order valence-electron chi connectivity index (χ3n) is 3.56. The molecule has 3 nitrogen and oxygen atoms in total. The molecule has 0 saturated heterocycles. The van der Waals surface area contributed by atoms with Crippen molar-refractivity contribution in [2.45, 2.75) is 0 Å². The predicted octanol–water partition coefficient (Wildman–Crippen LogP) is 3.86. The van der Waals surface area contributed by atoms with E-state index in [2.05, 4.69) is 29.4 Å². The highest BCUT2D eigenvalue weighted by molar-refractivity contribution is 5.91. The minimum atomic E-state index is 0.287. The molecule has 1 N–H and O–H groups in total. The summed E-state index contributed by atoms with van der Waals surface area (Å²) in [6, 6.07) is 17.7. The van der Waals surface area contributed by atoms with Gasteiger partial charge in [0.05, 0.1) is 11.7 Å². The van der Waals surface area contributed by atoms with E-state index in [1.807, 2.05) is 35.1 Å². The summed E-state index contributed by atoms with van der Waals surface area (Å²) in [6.07, 6.45) is 3.81. The molecule has 0 aliphatic rings. The largest absolute Gasteiger partial charge is 0.508 e. The SMILES string of the molecule is Oc1ccc2ccc(-c3cnn4ccccc34)cc2c1. The fourth-order valence-corrected chi connectivity index (χ4v) is 2.56. The first-order valence-electron chi connectivity index (χ1n) is 6.47. The van der Waals surface area contributed by atoms with E-state index in [0.29, 0.717) is 0 Å². The van der Waals surface area contributed by atoms with Gasteiger partial charge in [0.25, 0.3) is 0 Å². The van der Waals surface area contributed by atoms with Gasteiger partial charge in [0.15, 0.2) is 0 Å². The summed E-state index contributed by atoms with van der Waals surface area (Å²) in [5.74, 6) is 0.287. The molecule has 0 unspecified atom stereocenters. The van der Waals surface area contributed by atoms with E-state index in [-0.39, 0.29) is 5.75 Å². The molecule has 4 aromatic rings. The maximum atomic E-state index is 9.61. The standard InChI is InChI=1S/C17H12N2O/c20-15-7-6-12-4-5-13(9-14(12)10-15)16-11-18-19-8-2-1-3-17(16)19/h1-11,20H. The molecule has 2 aromatic carbocycles. The molecule has 3 heteroatoms. The van der Waals surface area contributed by atoms with E-state index < -0.39 is 0 Å². The number of benzene rings is 2. The average molecular weight is 260 g/mol. The summed E-state index contributed by atoms with van der Waals surface area (Å²) in [6.45, 7) is 0. The van der Waals surface area contributed by atoms with Crippen molar-refractivity contribution >= 4 is 16.3 Å². The number of rotatable bonds is 1. The molecule has 0 spiro atoms. The van der Waals surface area contributed by atoms with Crippen molar-refractivity contribution in [1.29, 1.82) is 0 Å². The number of fused-ring (bicyclic) bond motifs is 2. The van der Waals surface area contributed by atoms with Crippen LogP contribution in [0.15, 0.2) is 67.0 Å². The highest BCUT2D eigenvalue weighted by Crippen LogP contribution is 2.29. The van der Waals surface area contributed by atoms with Crippen LogP contribution in [0.4, 0.5) is 0 Å². The van der Waals surface area contributed by atoms with Gasteiger partial charge in [0.2, 0.25) is 0 Å². The summed E-state index contributed by atoms with van der Waals surface area (Å²) < 4.78 is 1.86. The minimum absolute atomic E-state index is 0.287. The Balaban J connectivity index is 1.97. The number of aromatic nitrogens is 2. The van der Waals surface area contributed by atoms with Gasteiger partial charge in [-0.2, -0.15) is 5.10 Å². The van der Waals surface area contributed by atoms with Crippen LogP contribution in [0, 0.1) is 0 Å². The first-order chi connectivity index (χ1) is 9.81. The van der Waals surface area contributed by atoms with Crippen molar-refractivity contribution in [1.82, 2.24) is 9.61 Å². The van der Waals surface area contributed by atoms with Gasteiger partial charge in [-0.15, -0.1) is 0 Å². The maximum absolute atomic E-state index is 9.61. The summed E-state index contributed by atoms with van der Waals surface area (Å²) >= 11 is 0. The van der Waals surface area contributed by atoms with Crippen molar-refractivity contribution in [2.24, 2.45) is 0 Å². The normalized spacial score (nSPS) is 11.2. The van der Waals surface area contributed by atoms with E-state index in [9.17, 15) is 5.11 Å². The number of aromatic hydroxyl groups is 1. The molecule has 0 saturated carbocycles. The third-order valence-corrected chi connectivity index (χ3v) is 3.56. The van der Waals surface area contributed by atoms with E-state index >= 15 is 0 Å². The Labute approximate surface area is 115 Å². The zero-order valence-corrected chi connectivity index (χ0v) is 10.7. The summed E-state index contributed by atoms with van der Waals surface area (Å²) in [7, 11) is 0. The topological polar surface area (TPSA) is 37.5 Å². The molecule has 0 amide bonds. The highest BCUT2D eigenvalue weighted by atomic mass is 16.3. The van der Waals surface area contributed by atoms with Gasteiger partial charge in [-0.25, -0.2) is 4.52 Å². The summed E-state index contributed by atoms with van der Waals surface area (Å²) in [5, 5.41) is 16.1. The van der Waals surface area contributed by atoms with Crippen molar-refractivity contribution in [2.75, 3.05) is 0 Å². The first-order valence-corrected chi connectivity index (χ1v) is 6.47. The lowest BCUT2D eigenvalue weighted by Crippen LogP contribution is -1.83. The van der Waals surface area contributed by atoms with Gasteiger partial charge in [-0.05, 0) is 46.7 Å². The molecule has 0 fully saturated rings. The monoisotopic (exact) mass is 260 g/mol. The van der Waals surface area contributed by atoms with Crippen LogP contribution in [0.5, 0.6) is 5.75 Å². The van der Waals surface area contributed by atoms with Crippen LogP contribution < -0.4 is 0 Å². The number of phenolic OH excluding ortho intramolecular Hbond substituents is 1. The molecule has 96 valence electrons. The van der Waals surface area contributed by atoms with Crippen LogP contribution in [0.2, 0.25) is 0 Å². The lowest BCUT2D eigenvalue weighted by atomic mass is 10.0. The van der Waals surface area contributed by atoms with Crippen LogP contribution >= 0.6 is 0 Å². The van der Waals surface area contributed by atoms with Crippen LogP contribution in [0.1, 0.15) is 0 Å². The number of nitrogens with zero attached hydrogens (tertiary/aromatic N) is 2. The average Bonchev–Trinajstić information content (AvgIpc) is 2.90. The second-order valence-corrected chi connectivity index (χ2v) is 4.83. The molecule has 4 rings (SSSR count).